The summed E-state index contributed by atoms with van der Waals surface area (Å²) in [7, 11) is 5.39. The van der Waals surface area contributed by atoms with Crippen molar-refractivity contribution in [2.75, 3.05) is 79.0 Å². The number of nitrogens with zero attached hydrogens (tertiary/aromatic N) is 6. The van der Waals surface area contributed by atoms with Gasteiger partial charge in [-0.1, -0.05) is 38.1 Å². The maximum absolute atomic E-state index is 14.6. The summed E-state index contributed by atoms with van der Waals surface area (Å²) < 4.78 is 44.3. The highest BCUT2D eigenvalue weighted by molar-refractivity contribution is 7.93. The molecule has 3 fully saturated rings. The van der Waals surface area contributed by atoms with E-state index in [9.17, 15) is 23.4 Å². The minimum Gasteiger partial charge on any atom is -0.458 e. The Kier molecular flexibility index (Phi) is 22.6. The number of aryl methyl sites for hydroxylation is 1. The quantitative estimate of drug-likeness (QED) is 0.0656. The van der Waals surface area contributed by atoms with Crippen molar-refractivity contribution < 1.29 is 47.1 Å². The lowest BCUT2D eigenvalue weighted by atomic mass is 9.78. The third kappa shape index (κ3) is 14.8. The third-order valence-electron chi connectivity index (χ3n) is 14.1. The van der Waals surface area contributed by atoms with Crippen LogP contribution in [0.3, 0.4) is 0 Å². The summed E-state index contributed by atoms with van der Waals surface area (Å²) in [5.74, 6) is -3.33. The predicted molar refractivity (Wildman–Crippen MR) is 265 cm³/mol. The summed E-state index contributed by atoms with van der Waals surface area (Å²) in [4.78, 5) is 48.6. The number of cyclic esters (lactones) is 1. The number of amides is 1. The minimum absolute atomic E-state index is 0.0496. The van der Waals surface area contributed by atoms with Gasteiger partial charge >= 0.3 is 12.1 Å². The zero-order valence-corrected chi connectivity index (χ0v) is 43.7. The van der Waals surface area contributed by atoms with Crippen molar-refractivity contribution >= 4 is 35.7 Å². The van der Waals surface area contributed by atoms with Crippen molar-refractivity contribution in [1.29, 1.82) is 0 Å². The van der Waals surface area contributed by atoms with E-state index in [1.807, 2.05) is 77.2 Å². The fourth-order valence-corrected chi connectivity index (χ4v) is 10.4. The van der Waals surface area contributed by atoms with Crippen LogP contribution in [0.1, 0.15) is 80.6 Å². The molecule has 19 nitrogen and oxygen atoms in total. The summed E-state index contributed by atoms with van der Waals surface area (Å²) in [5, 5.41) is 24.2. The van der Waals surface area contributed by atoms with Crippen LogP contribution in [-0.4, -0.2) is 186 Å². The summed E-state index contributed by atoms with van der Waals surface area (Å²) in [6, 6.07) is 6.31. The lowest BCUT2D eigenvalue weighted by molar-refractivity contribution is -0.298. The van der Waals surface area contributed by atoms with Gasteiger partial charge in [-0.15, -0.1) is 5.10 Å². The molecule has 4 heterocycles. The number of carbonyl (C=O) groups excluding carboxylic acids is 3. The number of likely N-dealkylation sites (N-methyl/N-ethyl adjacent to an activating group) is 1. The number of fused-ring (bicyclic) bond motifs is 1. The van der Waals surface area contributed by atoms with Crippen molar-refractivity contribution in [3.8, 4) is 11.3 Å². The zero-order chi connectivity index (χ0) is 51.2. The number of aromatic nitrogens is 3. The molecule has 3 aliphatic rings. The molecule has 3 aliphatic heterocycles. The fourth-order valence-electron chi connectivity index (χ4n) is 10.4. The first-order chi connectivity index (χ1) is 32.7. The monoisotopic (exact) mass is 995 g/mol. The number of nitrogens with two attached hydrogens (primary N) is 3. The van der Waals surface area contributed by atoms with Gasteiger partial charge in [-0.05, 0) is 98.5 Å². The van der Waals surface area contributed by atoms with E-state index in [4.69, 9.17) is 40.9 Å². The Balaban J connectivity index is 0.00000336. The molecule has 1 aromatic heterocycles. The minimum atomic E-state index is -1.26. The van der Waals surface area contributed by atoms with Crippen molar-refractivity contribution in [2.24, 2.45) is 29.2 Å². The van der Waals surface area contributed by atoms with E-state index in [2.05, 4.69) is 27.5 Å². The topological polar surface area (TPSA) is 248 Å². The molecule has 0 saturated carbocycles. The van der Waals surface area contributed by atoms with Gasteiger partial charge in [0, 0.05) is 101 Å². The summed E-state index contributed by atoms with van der Waals surface area (Å²) in [5.41, 5.74) is 17.7. The molecule has 13 atom stereocenters. The first kappa shape index (κ1) is 58.1. The summed E-state index contributed by atoms with van der Waals surface area (Å²) >= 11 is 0.250. The second kappa shape index (κ2) is 26.8. The average molecular weight is 995 g/mol. The van der Waals surface area contributed by atoms with Crippen LogP contribution in [0.4, 0.5) is 14.4 Å². The molecule has 0 radical (unpaired) electrons. The molecule has 1 aromatic carbocycles. The number of ether oxygens (including phenoxy) is 5. The highest BCUT2D eigenvalue weighted by atomic mass is 32.2. The van der Waals surface area contributed by atoms with E-state index < -0.39 is 71.5 Å². The summed E-state index contributed by atoms with van der Waals surface area (Å²) in [6.45, 7) is 17.1. The van der Waals surface area contributed by atoms with Gasteiger partial charge in [-0.3, -0.25) is 24.1 Å². The smallest absolute Gasteiger partial charge is 0.410 e. The number of anilines is 1. The highest BCUT2D eigenvalue weighted by Gasteiger charge is 2.59. The third-order valence-corrected chi connectivity index (χ3v) is 14.1. The second-order valence-electron chi connectivity index (χ2n) is 19.6. The molecule has 3 saturated heterocycles. The molecule has 1 amide bonds. The van der Waals surface area contributed by atoms with Crippen LogP contribution in [-0.2, 0) is 39.8 Å². The first-order valence-electron chi connectivity index (χ1n) is 24.4. The number of unbranched alkanes of at least 4 members (excludes halogenated alkanes) is 1. The first-order valence-corrected chi connectivity index (χ1v) is 25.6. The molecule has 5 rings (SSSR count). The Bertz CT molecular complexity index is 1920. The number of nitrogens with one attached hydrogen (secondary N) is 1. The van der Waals surface area contributed by atoms with Crippen LogP contribution in [0.2, 0.25) is 0 Å². The number of rotatable bonds is 17. The fraction of sp³-hybridized carbons (Fsp3) is 0.771. The number of benzene rings is 1. The van der Waals surface area contributed by atoms with Crippen LogP contribution < -0.4 is 22.5 Å². The molecule has 0 bridgehead atoms. The number of Topliss-reactive ketones (excluding diaryl/α,β-unsaturated/α-hetero) is 1. The van der Waals surface area contributed by atoms with Crippen LogP contribution in [0, 0.1) is 17.8 Å². The normalized spacial score (nSPS) is 32.7. The van der Waals surface area contributed by atoms with Crippen LogP contribution in [0.15, 0.2) is 30.5 Å². The number of hydrogen-bond donors (Lipinski definition) is 5. The number of esters is 1. The lowest BCUT2D eigenvalue weighted by Gasteiger charge is -2.47. The van der Waals surface area contributed by atoms with Gasteiger partial charge in [-0.2, -0.15) is 3.89 Å². The van der Waals surface area contributed by atoms with Gasteiger partial charge in [0.05, 0.1) is 30.0 Å². The predicted octanol–water partition coefficient (Wildman–Crippen LogP) is 3.72. The molecule has 0 spiro atoms. The van der Waals surface area contributed by atoms with Crippen LogP contribution >= 0.6 is 12.1 Å². The Morgan fingerprint density at radius 2 is 1.74 bits per heavy atom. The Labute approximate surface area is 413 Å². The molecule has 8 N–H and O–H groups in total. The molecule has 0 aliphatic carbocycles. The molecule has 69 heavy (non-hydrogen) atoms. The Morgan fingerprint density at radius 3 is 2.35 bits per heavy atom. The average Bonchev–Trinajstić information content (AvgIpc) is 3.89. The number of methoxy groups -OCH3 is 1. The largest absolute Gasteiger partial charge is 0.458 e. The number of nitrogen functional groups attached to an aromatic ring is 1. The molecule has 392 valence electrons. The molecular formula is C48H83FN10O9S. The SMILES string of the molecule is CC[C@H]1OC(=O)[C@H](C)C(=O)[C@H](C)[C@@H](O[C@@H]2OC(CN(CCN)CCN)CC(N(C)C)C2O)[C@](C)(OC)C[C@@H](C)CN[C@H](C)[C@H]2N(CCCCn3cc(-c4cccc(N)c4)nn3)C(=O)O[C@]12C.CSF. The van der Waals surface area contributed by atoms with E-state index >= 15 is 0 Å². The maximum atomic E-state index is 14.6. The van der Waals surface area contributed by atoms with Crippen LogP contribution in [0.5, 0.6) is 0 Å². The Hall–Kier alpha value is -3.51. The number of aliphatic hydroxyl groups excluding tert-OH is 1. The van der Waals surface area contributed by atoms with E-state index in [0.29, 0.717) is 90.1 Å². The second-order valence-corrected chi connectivity index (χ2v) is 19.9. The highest BCUT2D eigenvalue weighted by Crippen LogP contribution is 2.40. The van der Waals surface area contributed by atoms with Gasteiger partial charge in [0.25, 0.3) is 0 Å². The number of halogens is 1. The van der Waals surface area contributed by atoms with Gasteiger partial charge in [0.1, 0.15) is 23.8 Å². The van der Waals surface area contributed by atoms with Gasteiger partial charge in [0.2, 0.25) is 0 Å². The number of hydrogen-bond acceptors (Lipinski definition) is 18. The van der Waals surface area contributed by atoms with Crippen LogP contribution in [0.25, 0.3) is 11.3 Å². The number of aliphatic hydroxyl groups is 1. The number of ketones is 1. The zero-order valence-electron chi connectivity index (χ0n) is 42.8. The van der Waals surface area contributed by atoms with E-state index in [1.165, 1.54) is 13.2 Å². The van der Waals surface area contributed by atoms with E-state index in [-0.39, 0.29) is 36.3 Å². The lowest BCUT2D eigenvalue weighted by Crippen LogP contribution is -2.61. The van der Waals surface area contributed by atoms with Crippen molar-refractivity contribution in [3.63, 3.8) is 0 Å². The molecule has 21 heteroatoms. The summed E-state index contributed by atoms with van der Waals surface area (Å²) in [6.07, 6.45) is 1.02. The van der Waals surface area contributed by atoms with Gasteiger partial charge in [-0.25, -0.2) is 4.79 Å². The number of carbonyl (C=O) groups is 3. The molecule has 2 aromatic rings. The van der Waals surface area contributed by atoms with E-state index in [0.717, 1.165) is 11.3 Å². The van der Waals surface area contributed by atoms with Crippen molar-refractivity contribution in [3.05, 3.63) is 30.5 Å². The molecular weight excluding hydrogens is 912 g/mol. The van der Waals surface area contributed by atoms with Gasteiger partial charge in [0.15, 0.2) is 17.7 Å². The standard InChI is InChI=1S/C47H80N10O9.CH3FS/c1-11-38-47(7)41(57(45(61)66-47)20-13-12-19-56-28-36(52-53-56)33-15-14-16-34(50)23-33)32(5)51-26-29(2)25-46(6,62-10)42(30(3)39(58)31(4)43(60)64-38)65-44-40(59)37(54(8)9)24-35(63-44)27-55(21-17-48)22-18-49;1-3-2/h14-16,23,28-32,35,37-38,40-42,44,51,59H,11-13,17-22,24-27,48-50H2,1-10H3;1H3/t29-,30+,31-,32-,35?,37?,38-,40?,41-,42-,44+,46-,47-;/m1./s1. The van der Waals surface area contributed by atoms with E-state index in [1.54, 1.807) is 23.6 Å². The van der Waals surface area contributed by atoms with Crippen molar-refractivity contribution in [2.45, 2.75) is 147 Å². The molecule has 3 unspecified atom stereocenters. The maximum Gasteiger partial charge on any atom is 0.410 e. The Morgan fingerprint density at radius 1 is 1.07 bits per heavy atom. The van der Waals surface area contributed by atoms with Crippen molar-refractivity contribution in [1.82, 2.24) is 35.0 Å². The van der Waals surface area contributed by atoms with Gasteiger partial charge < -0.3 is 56.2 Å².